The van der Waals surface area contributed by atoms with Gasteiger partial charge in [-0.1, -0.05) is 0 Å². The second-order valence-electron chi connectivity index (χ2n) is 2.41. The number of hydrogen-bond acceptors (Lipinski definition) is 3. The molecule has 1 heterocycles. The van der Waals surface area contributed by atoms with Gasteiger partial charge in [0, 0.05) is 26.3 Å². The Bertz CT molecular complexity index is 74.8. The molecule has 0 unspecified atom stereocenters. The summed E-state index contributed by atoms with van der Waals surface area (Å²) in [6.45, 7) is 8.19. The Morgan fingerprint density at radius 3 is 1.73 bits per heavy atom. The molecule has 0 radical (unpaired) electrons. The van der Waals surface area contributed by atoms with Crippen LogP contribution in [0, 0.1) is 0 Å². The van der Waals surface area contributed by atoms with E-state index in [1.54, 1.807) is 0 Å². The zero-order valence-corrected chi connectivity index (χ0v) is 9.21. The Kier molecular flexibility index (Phi) is 8.27. The van der Waals surface area contributed by atoms with Gasteiger partial charge in [-0.05, 0) is 20.9 Å². The summed E-state index contributed by atoms with van der Waals surface area (Å²) in [5, 5.41) is 0. The lowest BCUT2D eigenvalue weighted by molar-refractivity contribution is 0.240. The minimum atomic E-state index is -0.589. The van der Waals surface area contributed by atoms with Crippen molar-refractivity contribution in [2.45, 2.75) is 13.8 Å². The summed E-state index contributed by atoms with van der Waals surface area (Å²) in [6, 6.07) is 0. The van der Waals surface area contributed by atoms with Gasteiger partial charge in [0.25, 0.3) is 0 Å². The molecule has 0 aromatic heterocycles. The van der Waals surface area contributed by atoms with Gasteiger partial charge in [-0.3, -0.25) is 0 Å². The fraction of sp³-hybridized carbons (Fsp3) is 1.00. The van der Waals surface area contributed by atoms with Crippen LogP contribution in [-0.4, -0.2) is 48.3 Å². The van der Waals surface area contributed by atoms with Gasteiger partial charge >= 0.3 is 10.0 Å². The summed E-state index contributed by atoms with van der Waals surface area (Å²) in [6.07, 6.45) is 0. The van der Waals surface area contributed by atoms with Gasteiger partial charge < -0.3 is 13.8 Å². The molecule has 0 spiro atoms. The van der Waals surface area contributed by atoms with Crippen LogP contribution in [0.5, 0.6) is 0 Å². The van der Waals surface area contributed by atoms with Crippen LogP contribution >= 0.6 is 0 Å². The van der Waals surface area contributed by atoms with Gasteiger partial charge in [0.05, 0.1) is 0 Å². The van der Waals surface area contributed by atoms with E-state index in [2.05, 4.69) is 11.9 Å². The topological polar surface area (TPSA) is 21.5 Å². The maximum Gasteiger partial charge on any atom is 0.304 e. The van der Waals surface area contributed by atoms with E-state index in [1.165, 1.54) is 13.1 Å². The molecule has 1 aliphatic rings. The second kappa shape index (κ2) is 8.20. The highest BCUT2D eigenvalue weighted by Crippen LogP contribution is 1.93. The van der Waals surface area contributed by atoms with E-state index in [-0.39, 0.29) is 0 Å². The molecule has 11 heavy (non-hydrogen) atoms. The lowest BCUT2D eigenvalue weighted by atomic mass is 10.9. The van der Waals surface area contributed by atoms with Gasteiger partial charge in [-0.15, -0.1) is 0 Å². The van der Waals surface area contributed by atoms with Crippen molar-refractivity contribution >= 4 is 10.0 Å². The second-order valence-corrected chi connectivity index (χ2v) is 3.46. The van der Waals surface area contributed by atoms with E-state index < -0.39 is 10.0 Å². The van der Waals surface area contributed by atoms with Gasteiger partial charge in [0.1, 0.15) is 0 Å². The van der Waals surface area contributed by atoms with E-state index in [4.69, 9.17) is 8.85 Å². The Morgan fingerprint density at radius 1 is 1.18 bits per heavy atom. The molecule has 0 aliphatic carbocycles. The largest absolute Gasteiger partial charge is 0.399 e. The molecule has 4 heteroatoms. The van der Waals surface area contributed by atoms with Crippen molar-refractivity contribution in [2.75, 3.05) is 33.4 Å². The first-order valence-electron chi connectivity index (χ1n) is 4.15. The average molecular weight is 177 g/mol. The van der Waals surface area contributed by atoms with Crippen molar-refractivity contribution in [1.29, 1.82) is 0 Å². The molecule has 0 saturated carbocycles. The molecule has 1 saturated heterocycles. The third kappa shape index (κ3) is 13.1. The molecule has 0 bridgehead atoms. The summed E-state index contributed by atoms with van der Waals surface area (Å²) in [7, 11) is 1.52. The molecule has 3 nitrogen and oxygen atoms in total. The highest BCUT2D eigenvalue weighted by atomic mass is 28.3. The molecule has 0 atom stereocenters. The first kappa shape index (κ1) is 11.1. The fourth-order valence-corrected chi connectivity index (χ4v) is 0.777. The summed E-state index contributed by atoms with van der Waals surface area (Å²) in [4.78, 5) is 2.25. The third-order valence-corrected chi connectivity index (χ3v) is 2.40. The minimum Gasteiger partial charge on any atom is -0.399 e. The molecule has 0 aromatic carbocycles. The van der Waals surface area contributed by atoms with Crippen molar-refractivity contribution in [3.8, 4) is 0 Å². The van der Waals surface area contributed by atoms with E-state index in [1.807, 2.05) is 13.8 Å². The van der Waals surface area contributed by atoms with E-state index in [0.29, 0.717) is 0 Å². The molecule has 1 rings (SSSR count). The smallest absolute Gasteiger partial charge is 0.304 e. The summed E-state index contributed by atoms with van der Waals surface area (Å²) < 4.78 is 9.98. The number of likely N-dealkylation sites (N-methyl/N-ethyl adjacent to an activating group) is 1. The van der Waals surface area contributed by atoms with Crippen molar-refractivity contribution in [2.24, 2.45) is 0 Å². The molecule has 1 aliphatic heterocycles. The van der Waals surface area contributed by atoms with E-state index >= 15 is 0 Å². The van der Waals surface area contributed by atoms with Crippen LogP contribution in [0.4, 0.5) is 0 Å². The minimum absolute atomic E-state index is 0.589. The van der Waals surface area contributed by atoms with Crippen LogP contribution in [0.2, 0.25) is 0 Å². The Hall–Kier alpha value is 0.0969. The highest BCUT2D eigenvalue weighted by Gasteiger charge is 2.07. The summed E-state index contributed by atoms with van der Waals surface area (Å²) >= 11 is 0. The van der Waals surface area contributed by atoms with Crippen LogP contribution in [0.15, 0.2) is 0 Å². The first-order valence-corrected chi connectivity index (χ1v) is 5.30. The lowest BCUT2D eigenvalue weighted by Crippen LogP contribution is -2.02. The van der Waals surface area contributed by atoms with E-state index in [0.717, 1.165) is 13.2 Å². The Balaban J connectivity index is 0.000000207. The molecular formula is C7H19NO2Si. The normalized spacial score (nSPS) is 15.5. The monoisotopic (exact) mass is 177 g/mol. The van der Waals surface area contributed by atoms with Crippen LogP contribution in [0.25, 0.3) is 0 Å². The zero-order chi connectivity index (χ0) is 8.53. The van der Waals surface area contributed by atoms with Crippen molar-refractivity contribution in [1.82, 2.24) is 4.90 Å². The molecule has 0 N–H and O–H groups in total. The predicted molar refractivity (Wildman–Crippen MR) is 49.3 cm³/mol. The Morgan fingerprint density at radius 2 is 1.55 bits per heavy atom. The third-order valence-electron chi connectivity index (χ3n) is 1.25. The zero-order valence-electron chi connectivity index (χ0n) is 7.80. The standard InChI is InChI=1S/C4H12O2Si.C3H7N/c1-3-5-7-6-4-2;1-4-2-3-4/h3-4,7H2,1-2H3;2-3H2,1H3. The van der Waals surface area contributed by atoms with Gasteiger partial charge in [-0.2, -0.15) is 0 Å². The fourth-order valence-electron chi connectivity index (χ4n) is 0.326. The summed E-state index contributed by atoms with van der Waals surface area (Å²) in [5.74, 6) is 0. The van der Waals surface area contributed by atoms with Crippen LogP contribution in [-0.2, 0) is 8.85 Å². The SMILES string of the molecule is CCO[SiH2]OCC.CN1CC1. The maximum atomic E-state index is 4.99. The number of rotatable bonds is 4. The van der Waals surface area contributed by atoms with Gasteiger partial charge in [-0.25, -0.2) is 0 Å². The average Bonchev–Trinajstić information content (AvgIpc) is 2.75. The van der Waals surface area contributed by atoms with Gasteiger partial charge in [0.15, 0.2) is 0 Å². The molecule has 0 aromatic rings. The van der Waals surface area contributed by atoms with Crippen molar-refractivity contribution in [3.05, 3.63) is 0 Å². The molecule has 1 fully saturated rings. The van der Waals surface area contributed by atoms with Crippen LogP contribution in [0.3, 0.4) is 0 Å². The molecular weight excluding hydrogens is 158 g/mol. The Labute approximate surface area is 71.7 Å². The maximum absolute atomic E-state index is 4.99. The number of nitrogens with zero attached hydrogens (tertiary/aromatic N) is 1. The summed E-state index contributed by atoms with van der Waals surface area (Å²) in [5.41, 5.74) is 0. The van der Waals surface area contributed by atoms with Gasteiger partial charge in [0.2, 0.25) is 0 Å². The van der Waals surface area contributed by atoms with Crippen molar-refractivity contribution in [3.63, 3.8) is 0 Å². The molecule has 0 amide bonds. The predicted octanol–water partition coefficient (Wildman–Crippen LogP) is -0.0100. The van der Waals surface area contributed by atoms with E-state index in [9.17, 15) is 0 Å². The first-order chi connectivity index (χ1) is 5.31. The highest BCUT2D eigenvalue weighted by molar-refractivity contribution is 6.17. The lowest BCUT2D eigenvalue weighted by Gasteiger charge is -1.96. The van der Waals surface area contributed by atoms with Crippen LogP contribution in [0.1, 0.15) is 13.8 Å². The quantitative estimate of drug-likeness (QED) is 0.342. The van der Waals surface area contributed by atoms with Crippen molar-refractivity contribution < 1.29 is 8.85 Å². The number of hydrogen-bond donors (Lipinski definition) is 0. The molecule has 68 valence electrons. The van der Waals surface area contributed by atoms with Crippen LogP contribution < -0.4 is 0 Å².